The van der Waals surface area contributed by atoms with Gasteiger partial charge in [-0.25, -0.2) is 4.98 Å². The first-order valence-corrected chi connectivity index (χ1v) is 10.3. The predicted octanol–water partition coefficient (Wildman–Crippen LogP) is 3.96. The van der Waals surface area contributed by atoms with Gasteiger partial charge in [-0.05, 0) is 37.5 Å². The lowest BCUT2D eigenvalue weighted by Crippen LogP contribution is -2.42. The summed E-state index contributed by atoms with van der Waals surface area (Å²) >= 11 is 1.39. The lowest BCUT2D eigenvalue weighted by molar-refractivity contribution is -0.0246. The smallest absolute Gasteiger partial charge is 0.266 e. The number of nitrogens with zero attached hydrogens (tertiary/aromatic N) is 3. The molecule has 1 unspecified atom stereocenters. The van der Waals surface area contributed by atoms with Crippen molar-refractivity contribution in [1.82, 2.24) is 14.9 Å². The van der Waals surface area contributed by atoms with E-state index in [1.54, 1.807) is 5.51 Å². The van der Waals surface area contributed by atoms with Crippen LogP contribution in [0.5, 0.6) is 0 Å². The Labute approximate surface area is 169 Å². The molecule has 0 bridgehead atoms. The number of morpholine rings is 1. The second-order valence-corrected chi connectivity index (χ2v) is 7.99. The molecule has 3 heterocycles. The summed E-state index contributed by atoms with van der Waals surface area (Å²) in [5.74, 6) is 0.0318. The zero-order valence-electron chi connectivity index (χ0n) is 16.1. The van der Waals surface area contributed by atoms with E-state index in [1.165, 1.54) is 22.5 Å². The number of thiazole rings is 1. The molecule has 28 heavy (non-hydrogen) atoms. The average Bonchev–Trinajstić information content (AvgIpc) is 3.16. The Morgan fingerprint density at radius 1 is 1.14 bits per heavy atom. The maximum atomic E-state index is 12.8. The molecule has 0 saturated carbocycles. The molecule has 1 aromatic carbocycles. The first-order valence-electron chi connectivity index (χ1n) is 9.41. The summed E-state index contributed by atoms with van der Waals surface area (Å²) in [6, 6.07) is 12.7. The van der Waals surface area contributed by atoms with E-state index >= 15 is 0 Å². The van der Waals surface area contributed by atoms with Crippen LogP contribution in [0.3, 0.4) is 0 Å². The van der Waals surface area contributed by atoms with Gasteiger partial charge in [0.2, 0.25) is 0 Å². The van der Waals surface area contributed by atoms with Crippen LogP contribution in [0, 0.1) is 13.8 Å². The summed E-state index contributed by atoms with van der Waals surface area (Å²) in [6.45, 7) is 5.59. The van der Waals surface area contributed by atoms with Crippen molar-refractivity contribution in [1.29, 1.82) is 0 Å². The summed E-state index contributed by atoms with van der Waals surface area (Å²) in [6.07, 6.45) is 2.57. The highest BCUT2D eigenvalue weighted by Crippen LogP contribution is 2.24. The predicted molar refractivity (Wildman–Crippen MR) is 110 cm³/mol. The van der Waals surface area contributed by atoms with Crippen LogP contribution in [0.2, 0.25) is 0 Å². The van der Waals surface area contributed by atoms with Crippen molar-refractivity contribution in [3.63, 3.8) is 0 Å². The van der Waals surface area contributed by atoms with E-state index in [-0.39, 0.29) is 12.0 Å². The number of hydrogen-bond acceptors (Lipinski definition) is 5. The molecule has 0 spiro atoms. The molecule has 1 amide bonds. The SMILES string of the molecule is Cc1ccc(Cc2ccc(C3CN(C(=O)c4scnc4C)CCO3)nc2)cc1. The summed E-state index contributed by atoms with van der Waals surface area (Å²) in [7, 11) is 0. The van der Waals surface area contributed by atoms with E-state index in [1.807, 2.05) is 24.1 Å². The zero-order valence-corrected chi connectivity index (χ0v) is 16.9. The zero-order chi connectivity index (χ0) is 19.5. The molecule has 6 heteroatoms. The number of aryl methyl sites for hydroxylation is 2. The molecule has 1 aliphatic heterocycles. The van der Waals surface area contributed by atoms with Gasteiger partial charge in [-0.2, -0.15) is 0 Å². The van der Waals surface area contributed by atoms with Crippen LogP contribution in [0.25, 0.3) is 0 Å². The summed E-state index contributed by atoms with van der Waals surface area (Å²) in [4.78, 5) is 24.1. The number of aromatic nitrogens is 2. The van der Waals surface area contributed by atoms with Crippen molar-refractivity contribution in [2.24, 2.45) is 0 Å². The minimum absolute atomic E-state index is 0.0318. The van der Waals surface area contributed by atoms with E-state index in [4.69, 9.17) is 4.74 Å². The van der Waals surface area contributed by atoms with Crippen LogP contribution in [0.4, 0.5) is 0 Å². The largest absolute Gasteiger partial charge is 0.368 e. The molecule has 0 radical (unpaired) electrons. The third-order valence-corrected chi connectivity index (χ3v) is 5.92. The van der Waals surface area contributed by atoms with Gasteiger partial charge >= 0.3 is 0 Å². The molecule has 0 N–H and O–H groups in total. The minimum atomic E-state index is -0.195. The van der Waals surface area contributed by atoms with Gasteiger partial charge in [-0.3, -0.25) is 9.78 Å². The lowest BCUT2D eigenvalue weighted by atomic mass is 10.0. The summed E-state index contributed by atoms with van der Waals surface area (Å²) < 4.78 is 5.89. The van der Waals surface area contributed by atoms with Gasteiger partial charge in [-0.15, -0.1) is 11.3 Å². The maximum absolute atomic E-state index is 12.8. The number of amides is 1. The molecular formula is C22H23N3O2S. The van der Waals surface area contributed by atoms with E-state index in [0.29, 0.717) is 24.6 Å². The molecule has 1 saturated heterocycles. The minimum Gasteiger partial charge on any atom is -0.368 e. The number of carbonyl (C=O) groups excluding carboxylic acids is 1. The molecule has 1 fully saturated rings. The van der Waals surface area contributed by atoms with Crippen LogP contribution in [0.1, 0.15) is 43.9 Å². The third kappa shape index (κ3) is 4.13. The number of carbonyl (C=O) groups is 1. The second-order valence-electron chi connectivity index (χ2n) is 7.13. The van der Waals surface area contributed by atoms with Crippen LogP contribution < -0.4 is 0 Å². The highest BCUT2D eigenvalue weighted by Gasteiger charge is 2.28. The Morgan fingerprint density at radius 3 is 2.61 bits per heavy atom. The second kappa shape index (κ2) is 8.20. The number of benzene rings is 1. The first-order chi connectivity index (χ1) is 13.6. The fraction of sp³-hybridized carbons (Fsp3) is 0.318. The molecule has 5 nitrogen and oxygen atoms in total. The van der Waals surface area contributed by atoms with E-state index in [0.717, 1.165) is 23.4 Å². The van der Waals surface area contributed by atoms with Gasteiger partial charge in [0.1, 0.15) is 11.0 Å². The van der Waals surface area contributed by atoms with E-state index in [9.17, 15) is 4.79 Å². The van der Waals surface area contributed by atoms with Gasteiger partial charge in [0, 0.05) is 12.7 Å². The standard InChI is InChI=1S/C22H23N3O2S/c1-15-3-5-17(6-4-15)11-18-7-8-19(23-12-18)20-13-25(9-10-27-20)22(26)21-16(2)24-14-28-21/h3-8,12,14,20H,9-11,13H2,1-2H3. The van der Waals surface area contributed by atoms with Crippen molar-refractivity contribution in [3.05, 3.63) is 81.1 Å². The van der Waals surface area contributed by atoms with Gasteiger partial charge in [0.15, 0.2) is 0 Å². The fourth-order valence-corrected chi connectivity index (χ4v) is 4.11. The normalized spacial score (nSPS) is 16.9. The van der Waals surface area contributed by atoms with Crippen molar-refractivity contribution < 1.29 is 9.53 Å². The Hall–Kier alpha value is -2.57. The number of hydrogen-bond donors (Lipinski definition) is 0. The topological polar surface area (TPSA) is 55.3 Å². The monoisotopic (exact) mass is 393 g/mol. The van der Waals surface area contributed by atoms with Crippen molar-refractivity contribution in [2.75, 3.05) is 19.7 Å². The Morgan fingerprint density at radius 2 is 1.93 bits per heavy atom. The third-order valence-electron chi connectivity index (χ3n) is 5.00. The van der Waals surface area contributed by atoms with Gasteiger partial charge in [0.25, 0.3) is 5.91 Å². The number of ether oxygens (including phenoxy) is 1. The van der Waals surface area contributed by atoms with Gasteiger partial charge in [0.05, 0.1) is 30.1 Å². The highest BCUT2D eigenvalue weighted by atomic mass is 32.1. The molecule has 144 valence electrons. The fourth-order valence-electron chi connectivity index (χ4n) is 3.34. The highest BCUT2D eigenvalue weighted by molar-refractivity contribution is 7.11. The van der Waals surface area contributed by atoms with Gasteiger partial charge < -0.3 is 9.64 Å². The van der Waals surface area contributed by atoms with Crippen LogP contribution in [0.15, 0.2) is 48.1 Å². The van der Waals surface area contributed by atoms with Gasteiger partial charge in [-0.1, -0.05) is 35.9 Å². The maximum Gasteiger partial charge on any atom is 0.266 e. The first kappa shape index (κ1) is 18.8. The van der Waals surface area contributed by atoms with Crippen LogP contribution in [-0.4, -0.2) is 40.5 Å². The number of rotatable bonds is 4. The van der Waals surface area contributed by atoms with E-state index < -0.39 is 0 Å². The molecule has 3 aromatic rings. The molecule has 2 aromatic heterocycles. The summed E-state index contributed by atoms with van der Waals surface area (Å²) in [5.41, 5.74) is 7.07. The van der Waals surface area contributed by atoms with Crippen LogP contribution in [-0.2, 0) is 11.2 Å². The molecule has 0 aliphatic carbocycles. The molecular weight excluding hydrogens is 370 g/mol. The van der Waals surface area contributed by atoms with Crippen LogP contribution >= 0.6 is 11.3 Å². The molecule has 4 rings (SSSR count). The molecule has 1 aliphatic rings. The Kier molecular flexibility index (Phi) is 5.50. The van der Waals surface area contributed by atoms with Crippen molar-refractivity contribution >= 4 is 17.2 Å². The average molecular weight is 394 g/mol. The lowest BCUT2D eigenvalue weighted by Gasteiger charge is -2.32. The Bertz CT molecular complexity index is 951. The number of pyridine rings is 1. The Balaban J connectivity index is 1.43. The molecule has 1 atom stereocenters. The van der Waals surface area contributed by atoms with Crippen molar-refractivity contribution in [2.45, 2.75) is 26.4 Å². The summed E-state index contributed by atoms with van der Waals surface area (Å²) in [5, 5.41) is 0. The quantitative estimate of drug-likeness (QED) is 0.673. The van der Waals surface area contributed by atoms with E-state index in [2.05, 4.69) is 47.2 Å². The van der Waals surface area contributed by atoms with Crippen molar-refractivity contribution in [3.8, 4) is 0 Å².